The second-order valence-corrected chi connectivity index (χ2v) is 6.60. The summed E-state index contributed by atoms with van der Waals surface area (Å²) in [6.45, 7) is 4.82. The number of rotatable bonds is 1. The molecule has 0 bridgehead atoms. The molecule has 108 valence electrons. The molecule has 0 spiro atoms. The molecule has 0 saturated carbocycles. The van der Waals surface area contributed by atoms with Crippen molar-refractivity contribution in [2.45, 2.75) is 43.9 Å². The Hall–Kier alpha value is -0.900. The Bertz CT molecular complexity index is 490. The predicted molar refractivity (Wildman–Crippen MR) is 79.7 cm³/mol. The molecular weight excluding hydrogens is 248 g/mol. The molecule has 1 aromatic carbocycles. The number of nitrogens with zero attached hydrogens (tertiary/aromatic N) is 2. The molecule has 0 amide bonds. The monoisotopic (exact) mass is 272 g/mol. The Morgan fingerprint density at radius 1 is 1.00 bits per heavy atom. The third-order valence-corrected chi connectivity index (χ3v) is 5.47. The van der Waals surface area contributed by atoms with E-state index in [0.29, 0.717) is 6.04 Å². The van der Waals surface area contributed by atoms with Gasteiger partial charge in [-0.25, -0.2) is 0 Å². The Balaban J connectivity index is 1.53. The predicted octanol–water partition coefficient (Wildman–Crippen LogP) is 1.81. The van der Waals surface area contributed by atoms with Gasteiger partial charge in [0.2, 0.25) is 0 Å². The Kier molecular flexibility index (Phi) is 3.29. The van der Waals surface area contributed by atoms with Gasteiger partial charge in [0.05, 0.1) is 6.10 Å². The Morgan fingerprint density at radius 3 is 2.70 bits per heavy atom. The van der Waals surface area contributed by atoms with E-state index < -0.39 is 0 Å². The van der Waals surface area contributed by atoms with E-state index in [1.807, 2.05) is 6.07 Å². The van der Waals surface area contributed by atoms with Crippen LogP contribution in [0, 0.1) is 0 Å². The number of aliphatic hydroxyl groups is 1. The molecule has 2 saturated heterocycles. The molecular formula is C17H24N2O. The van der Waals surface area contributed by atoms with Crippen LogP contribution in [0.3, 0.4) is 0 Å². The maximum Gasteiger partial charge on any atom is 0.0951 e. The molecule has 3 unspecified atom stereocenters. The number of hydrogen-bond acceptors (Lipinski definition) is 3. The molecule has 3 atom stereocenters. The van der Waals surface area contributed by atoms with Crippen molar-refractivity contribution in [2.75, 3.05) is 26.2 Å². The van der Waals surface area contributed by atoms with Crippen LogP contribution in [0.2, 0.25) is 0 Å². The lowest BCUT2D eigenvalue weighted by atomic mass is 10.1. The first-order valence-electron chi connectivity index (χ1n) is 8.07. The van der Waals surface area contributed by atoms with E-state index in [1.54, 1.807) is 0 Å². The van der Waals surface area contributed by atoms with Gasteiger partial charge in [-0.15, -0.1) is 0 Å². The van der Waals surface area contributed by atoms with Crippen molar-refractivity contribution in [3.05, 3.63) is 35.4 Å². The molecule has 0 radical (unpaired) electrons. The first-order chi connectivity index (χ1) is 9.83. The molecule has 3 nitrogen and oxygen atoms in total. The van der Waals surface area contributed by atoms with E-state index in [9.17, 15) is 5.11 Å². The van der Waals surface area contributed by atoms with Crippen LogP contribution in [0.25, 0.3) is 0 Å². The Labute approximate surface area is 121 Å². The van der Waals surface area contributed by atoms with E-state index >= 15 is 0 Å². The van der Waals surface area contributed by atoms with Crippen LogP contribution in [-0.2, 0) is 6.42 Å². The third kappa shape index (κ3) is 2.09. The minimum absolute atomic E-state index is 0.292. The van der Waals surface area contributed by atoms with Crippen LogP contribution in [0.15, 0.2) is 24.3 Å². The van der Waals surface area contributed by atoms with E-state index in [0.717, 1.165) is 31.1 Å². The number of fused-ring (bicyclic) bond motifs is 2. The lowest BCUT2D eigenvalue weighted by Gasteiger charge is -2.32. The van der Waals surface area contributed by atoms with E-state index in [-0.39, 0.29) is 6.10 Å². The van der Waals surface area contributed by atoms with Crippen LogP contribution in [0.5, 0.6) is 0 Å². The lowest BCUT2D eigenvalue weighted by Crippen LogP contribution is -2.43. The first kappa shape index (κ1) is 12.8. The zero-order chi connectivity index (χ0) is 13.5. The molecule has 2 heterocycles. The largest absolute Gasteiger partial charge is 0.387 e. The van der Waals surface area contributed by atoms with Crippen molar-refractivity contribution in [1.82, 2.24) is 9.80 Å². The normalized spacial score (nSPS) is 34.8. The fourth-order valence-electron chi connectivity index (χ4n) is 4.42. The van der Waals surface area contributed by atoms with Gasteiger partial charge < -0.3 is 5.11 Å². The topological polar surface area (TPSA) is 26.7 Å². The molecule has 3 aliphatic rings. The highest BCUT2D eigenvalue weighted by atomic mass is 16.3. The maximum atomic E-state index is 10.7. The highest BCUT2D eigenvalue weighted by Crippen LogP contribution is 2.35. The molecule has 2 aliphatic heterocycles. The van der Waals surface area contributed by atoms with E-state index in [2.05, 4.69) is 28.0 Å². The second-order valence-electron chi connectivity index (χ2n) is 6.60. The fourth-order valence-corrected chi connectivity index (χ4v) is 4.42. The summed E-state index contributed by atoms with van der Waals surface area (Å²) in [6.07, 6.45) is 4.66. The molecule has 20 heavy (non-hydrogen) atoms. The number of hydrogen-bond donors (Lipinski definition) is 1. The highest BCUT2D eigenvalue weighted by molar-refractivity contribution is 5.36. The maximum absolute atomic E-state index is 10.7. The third-order valence-electron chi connectivity index (χ3n) is 5.47. The molecule has 0 aromatic heterocycles. The van der Waals surface area contributed by atoms with Gasteiger partial charge in [-0.05, 0) is 56.4 Å². The minimum Gasteiger partial charge on any atom is -0.387 e. The minimum atomic E-state index is -0.292. The van der Waals surface area contributed by atoms with Gasteiger partial charge in [-0.1, -0.05) is 24.3 Å². The van der Waals surface area contributed by atoms with Crippen molar-refractivity contribution in [3.8, 4) is 0 Å². The Morgan fingerprint density at radius 2 is 1.80 bits per heavy atom. The molecule has 4 rings (SSSR count). The molecule has 1 aromatic rings. The van der Waals surface area contributed by atoms with Gasteiger partial charge in [0.1, 0.15) is 0 Å². The average Bonchev–Trinajstić information content (AvgIpc) is 2.98. The van der Waals surface area contributed by atoms with Crippen LogP contribution in [0.1, 0.15) is 36.5 Å². The summed E-state index contributed by atoms with van der Waals surface area (Å²) in [5, 5.41) is 10.7. The van der Waals surface area contributed by atoms with Crippen LogP contribution < -0.4 is 0 Å². The summed E-state index contributed by atoms with van der Waals surface area (Å²) < 4.78 is 0. The van der Waals surface area contributed by atoms with Crippen molar-refractivity contribution in [1.29, 1.82) is 0 Å². The smallest absolute Gasteiger partial charge is 0.0951 e. The first-order valence-corrected chi connectivity index (χ1v) is 8.07. The fraction of sp³-hybridized carbons (Fsp3) is 0.647. The SMILES string of the molecule is OC1c2ccccc2CC1N1CCCN2CCCC2C1. The van der Waals surface area contributed by atoms with Gasteiger partial charge in [-0.3, -0.25) is 9.80 Å². The van der Waals surface area contributed by atoms with E-state index in [4.69, 9.17) is 0 Å². The van der Waals surface area contributed by atoms with Crippen molar-refractivity contribution < 1.29 is 5.11 Å². The van der Waals surface area contributed by atoms with Gasteiger partial charge in [0, 0.05) is 18.6 Å². The summed E-state index contributed by atoms with van der Waals surface area (Å²) in [7, 11) is 0. The van der Waals surface area contributed by atoms with Crippen molar-refractivity contribution in [2.24, 2.45) is 0 Å². The van der Waals surface area contributed by atoms with Crippen LogP contribution in [0.4, 0.5) is 0 Å². The highest BCUT2D eigenvalue weighted by Gasteiger charge is 2.38. The summed E-state index contributed by atoms with van der Waals surface area (Å²) in [4.78, 5) is 5.23. The zero-order valence-electron chi connectivity index (χ0n) is 12.0. The second kappa shape index (κ2) is 5.14. The van der Waals surface area contributed by atoms with E-state index in [1.165, 1.54) is 37.9 Å². The summed E-state index contributed by atoms with van der Waals surface area (Å²) in [6, 6.07) is 9.44. The quantitative estimate of drug-likeness (QED) is 0.845. The van der Waals surface area contributed by atoms with Crippen molar-refractivity contribution >= 4 is 0 Å². The molecule has 1 N–H and O–H groups in total. The summed E-state index contributed by atoms with van der Waals surface area (Å²) >= 11 is 0. The van der Waals surface area contributed by atoms with Gasteiger partial charge in [-0.2, -0.15) is 0 Å². The summed E-state index contributed by atoms with van der Waals surface area (Å²) in [5.74, 6) is 0. The van der Waals surface area contributed by atoms with Crippen molar-refractivity contribution in [3.63, 3.8) is 0 Å². The molecule has 2 fully saturated rings. The van der Waals surface area contributed by atoms with Crippen LogP contribution >= 0.6 is 0 Å². The standard InChI is InChI=1S/C17H24N2O/c20-17-15-7-2-1-5-13(15)11-16(17)19-10-4-9-18-8-3-6-14(18)12-19/h1-2,5,7,14,16-17,20H,3-4,6,8-12H2. The summed E-state index contributed by atoms with van der Waals surface area (Å²) in [5.41, 5.74) is 2.50. The van der Waals surface area contributed by atoms with Crippen LogP contribution in [-0.4, -0.2) is 53.2 Å². The number of benzene rings is 1. The molecule has 3 heteroatoms. The van der Waals surface area contributed by atoms with Gasteiger partial charge in [0.25, 0.3) is 0 Å². The lowest BCUT2D eigenvalue weighted by molar-refractivity contribution is 0.0564. The average molecular weight is 272 g/mol. The zero-order valence-corrected chi connectivity index (χ0v) is 12.0. The van der Waals surface area contributed by atoms with Gasteiger partial charge >= 0.3 is 0 Å². The number of aliphatic hydroxyl groups excluding tert-OH is 1. The molecule has 1 aliphatic carbocycles. The van der Waals surface area contributed by atoms with Gasteiger partial charge in [0.15, 0.2) is 0 Å².